The second-order valence-electron chi connectivity index (χ2n) is 6.78. The molecule has 1 atom stereocenters. The molecule has 27 heavy (non-hydrogen) atoms. The zero-order valence-corrected chi connectivity index (χ0v) is 15.8. The summed E-state index contributed by atoms with van der Waals surface area (Å²) < 4.78 is 27.6. The first-order valence-corrected chi connectivity index (χ1v) is 9.00. The number of hydrogen-bond donors (Lipinski definition) is 2. The van der Waals surface area contributed by atoms with E-state index in [1.807, 2.05) is 31.2 Å². The van der Waals surface area contributed by atoms with Crippen LogP contribution in [-0.4, -0.2) is 50.5 Å². The molecule has 0 amide bonds. The summed E-state index contributed by atoms with van der Waals surface area (Å²) >= 11 is 0. The first-order valence-electron chi connectivity index (χ1n) is 9.00. The van der Waals surface area contributed by atoms with Gasteiger partial charge in [0, 0.05) is 31.7 Å². The van der Waals surface area contributed by atoms with E-state index in [1.54, 1.807) is 12.1 Å². The van der Waals surface area contributed by atoms with Crippen LogP contribution in [0.3, 0.4) is 0 Å². The summed E-state index contributed by atoms with van der Waals surface area (Å²) in [6, 6.07) is 11.8. The third-order valence-electron chi connectivity index (χ3n) is 4.56. The Labute approximate surface area is 159 Å². The minimum absolute atomic E-state index is 0.0634. The lowest BCUT2D eigenvalue weighted by Crippen LogP contribution is -2.40. The molecule has 0 radical (unpaired) electrons. The molecular formula is C21H27F2N3O. The smallest absolute Gasteiger partial charge is 0.294 e. The van der Waals surface area contributed by atoms with Crippen LogP contribution in [0.2, 0.25) is 0 Å². The Morgan fingerprint density at radius 2 is 1.52 bits per heavy atom. The van der Waals surface area contributed by atoms with Gasteiger partial charge >= 0.3 is 0 Å². The van der Waals surface area contributed by atoms with Crippen molar-refractivity contribution >= 4 is 6.29 Å². The van der Waals surface area contributed by atoms with E-state index in [-0.39, 0.29) is 11.8 Å². The highest BCUT2D eigenvalue weighted by Crippen LogP contribution is 2.31. The normalized spacial score (nSPS) is 16.2. The maximum atomic E-state index is 13.8. The van der Waals surface area contributed by atoms with E-state index in [0.29, 0.717) is 0 Å². The molecule has 1 aliphatic heterocycles. The number of piperazine rings is 1. The van der Waals surface area contributed by atoms with Gasteiger partial charge in [0.1, 0.15) is 12.3 Å². The molecule has 4 nitrogen and oxygen atoms in total. The lowest BCUT2D eigenvalue weighted by molar-refractivity contribution is -0.118. The Kier molecular flexibility index (Phi) is 7.59. The molecule has 3 rings (SSSR count). The van der Waals surface area contributed by atoms with Crippen molar-refractivity contribution in [1.82, 2.24) is 10.2 Å². The number of nitrogens with zero attached hydrogens (tertiary/aromatic N) is 1. The zero-order chi connectivity index (χ0) is 19.9. The summed E-state index contributed by atoms with van der Waals surface area (Å²) in [4.78, 5) is 12.8. The van der Waals surface area contributed by atoms with E-state index < -0.39 is 12.0 Å². The monoisotopic (exact) mass is 375 g/mol. The van der Waals surface area contributed by atoms with Gasteiger partial charge in [-0.1, -0.05) is 54.1 Å². The van der Waals surface area contributed by atoms with Crippen LogP contribution in [0.25, 0.3) is 11.1 Å². The molecule has 1 unspecified atom stereocenters. The molecule has 1 aliphatic rings. The number of carbonyl (C=O) groups excluding carboxylic acids is 1. The standard InChI is InChI=1S/C16H15F2NO.C5H12N2/c1-11-2-4-12(5-3-11)13-6-8-14(9-7-13)16(17,18)15(19)10-20;1-7-4-2-6-3-5-7/h2-10,15H,19H2,1H3;6H,2-5H2,1H3. The number of halogens is 2. The van der Waals surface area contributed by atoms with E-state index in [4.69, 9.17) is 5.73 Å². The van der Waals surface area contributed by atoms with E-state index in [9.17, 15) is 13.6 Å². The fourth-order valence-corrected chi connectivity index (χ4v) is 2.69. The maximum Gasteiger partial charge on any atom is 0.294 e. The highest BCUT2D eigenvalue weighted by atomic mass is 19.3. The highest BCUT2D eigenvalue weighted by Gasteiger charge is 2.38. The second-order valence-corrected chi connectivity index (χ2v) is 6.78. The summed E-state index contributed by atoms with van der Waals surface area (Å²) in [6.45, 7) is 6.72. The molecule has 1 fully saturated rings. The Balaban J connectivity index is 0.000000313. The van der Waals surface area contributed by atoms with Gasteiger partial charge < -0.3 is 20.7 Å². The number of rotatable bonds is 4. The number of aldehydes is 1. The van der Waals surface area contributed by atoms with E-state index >= 15 is 0 Å². The molecule has 0 spiro atoms. The highest BCUT2D eigenvalue weighted by molar-refractivity contribution is 5.65. The molecular weight excluding hydrogens is 348 g/mol. The zero-order valence-electron chi connectivity index (χ0n) is 15.8. The number of alkyl halides is 2. The fourth-order valence-electron chi connectivity index (χ4n) is 2.69. The van der Waals surface area contributed by atoms with Gasteiger partial charge in [0.2, 0.25) is 0 Å². The number of hydrogen-bond acceptors (Lipinski definition) is 4. The third-order valence-corrected chi connectivity index (χ3v) is 4.56. The topological polar surface area (TPSA) is 58.4 Å². The van der Waals surface area contributed by atoms with Crippen molar-refractivity contribution in [2.75, 3.05) is 33.2 Å². The summed E-state index contributed by atoms with van der Waals surface area (Å²) in [7, 11) is 2.15. The van der Waals surface area contributed by atoms with Crippen molar-refractivity contribution in [3.05, 3.63) is 59.7 Å². The van der Waals surface area contributed by atoms with Crippen LogP contribution in [0, 0.1) is 6.92 Å². The third kappa shape index (κ3) is 5.92. The molecule has 0 saturated carbocycles. The average molecular weight is 375 g/mol. The lowest BCUT2D eigenvalue weighted by atomic mass is 9.98. The van der Waals surface area contributed by atoms with Crippen LogP contribution in [0.4, 0.5) is 8.78 Å². The number of aryl methyl sites for hydroxylation is 1. The van der Waals surface area contributed by atoms with Crippen LogP contribution in [0.15, 0.2) is 48.5 Å². The van der Waals surface area contributed by atoms with Gasteiger partial charge in [-0.25, -0.2) is 0 Å². The molecule has 0 aliphatic carbocycles. The molecule has 2 aromatic rings. The lowest BCUT2D eigenvalue weighted by Gasteiger charge is -2.21. The van der Waals surface area contributed by atoms with E-state index in [0.717, 1.165) is 29.8 Å². The molecule has 146 valence electrons. The SMILES string of the molecule is CN1CCNCC1.Cc1ccc(-c2ccc(C(F)(F)C(N)C=O)cc2)cc1. The van der Waals surface area contributed by atoms with E-state index in [1.165, 1.54) is 25.2 Å². The van der Waals surface area contributed by atoms with Gasteiger partial charge in [-0.15, -0.1) is 0 Å². The second kappa shape index (κ2) is 9.69. The predicted molar refractivity (Wildman–Crippen MR) is 105 cm³/mol. The largest absolute Gasteiger partial charge is 0.316 e. The van der Waals surface area contributed by atoms with Gasteiger partial charge in [-0.3, -0.25) is 0 Å². The molecule has 6 heteroatoms. The number of nitrogens with one attached hydrogen (secondary N) is 1. The fraction of sp³-hybridized carbons (Fsp3) is 0.381. The van der Waals surface area contributed by atoms with Crippen LogP contribution in [0.5, 0.6) is 0 Å². The molecule has 0 aromatic heterocycles. The molecule has 0 bridgehead atoms. The van der Waals surface area contributed by atoms with E-state index in [2.05, 4.69) is 17.3 Å². The number of benzene rings is 2. The summed E-state index contributed by atoms with van der Waals surface area (Å²) in [6.07, 6.45) is 0.0634. The maximum absolute atomic E-state index is 13.8. The van der Waals surface area contributed by atoms with Gasteiger partial charge in [-0.05, 0) is 25.1 Å². The minimum Gasteiger partial charge on any atom is -0.316 e. The minimum atomic E-state index is -3.35. The molecule has 3 N–H and O–H groups in total. The van der Waals surface area contributed by atoms with Crippen LogP contribution in [-0.2, 0) is 10.7 Å². The molecule has 2 aromatic carbocycles. The predicted octanol–water partition coefficient (Wildman–Crippen LogP) is 2.80. The van der Waals surface area contributed by atoms with Gasteiger partial charge in [-0.2, -0.15) is 8.78 Å². The van der Waals surface area contributed by atoms with Crippen LogP contribution < -0.4 is 11.1 Å². The Morgan fingerprint density at radius 3 is 1.93 bits per heavy atom. The first kappa shape index (κ1) is 21.2. The number of carbonyl (C=O) groups is 1. The van der Waals surface area contributed by atoms with Crippen LogP contribution >= 0.6 is 0 Å². The van der Waals surface area contributed by atoms with Crippen LogP contribution in [0.1, 0.15) is 11.1 Å². The number of nitrogens with two attached hydrogens (primary N) is 1. The molecule has 1 saturated heterocycles. The Morgan fingerprint density at radius 1 is 1.04 bits per heavy atom. The first-order chi connectivity index (χ1) is 12.8. The number of likely N-dealkylation sites (N-methyl/N-ethyl adjacent to an activating group) is 1. The Bertz CT molecular complexity index is 711. The summed E-state index contributed by atoms with van der Waals surface area (Å²) in [5, 5.41) is 3.27. The summed E-state index contributed by atoms with van der Waals surface area (Å²) in [5.74, 6) is -3.35. The van der Waals surface area contributed by atoms with Crippen molar-refractivity contribution in [3.8, 4) is 11.1 Å². The van der Waals surface area contributed by atoms with Crippen molar-refractivity contribution in [3.63, 3.8) is 0 Å². The van der Waals surface area contributed by atoms with Crippen molar-refractivity contribution in [1.29, 1.82) is 0 Å². The molecule has 1 heterocycles. The van der Waals surface area contributed by atoms with Gasteiger partial charge in [0.15, 0.2) is 0 Å². The summed E-state index contributed by atoms with van der Waals surface area (Å²) in [5.41, 5.74) is 7.79. The van der Waals surface area contributed by atoms with Crippen molar-refractivity contribution < 1.29 is 13.6 Å². The average Bonchev–Trinajstić information content (AvgIpc) is 2.69. The van der Waals surface area contributed by atoms with Gasteiger partial charge in [0.25, 0.3) is 5.92 Å². The van der Waals surface area contributed by atoms with Crippen molar-refractivity contribution in [2.45, 2.75) is 18.9 Å². The quantitative estimate of drug-likeness (QED) is 0.807. The van der Waals surface area contributed by atoms with Crippen molar-refractivity contribution in [2.24, 2.45) is 5.73 Å². The van der Waals surface area contributed by atoms with Gasteiger partial charge in [0.05, 0.1) is 0 Å². The Hall–Kier alpha value is -2.15.